The molecule has 0 aliphatic carbocycles. The molecule has 3 amide bonds. The van der Waals surface area contributed by atoms with Gasteiger partial charge in [0.2, 0.25) is 0 Å². The number of imide groups is 1. The van der Waals surface area contributed by atoms with Crippen LogP contribution in [0.25, 0.3) is 0 Å². The molecule has 2 N–H and O–H groups in total. The zero-order valence-corrected chi connectivity index (χ0v) is 13.1. The summed E-state index contributed by atoms with van der Waals surface area (Å²) in [6, 6.07) is 4.92. The Labute approximate surface area is 138 Å². The largest absolute Gasteiger partial charge is 0.491 e. The smallest absolute Gasteiger partial charge is 0.277 e. The third kappa shape index (κ3) is 2.83. The van der Waals surface area contributed by atoms with E-state index in [0.717, 1.165) is 4.90 Å². The van der Waals surface area contributed by atoms with Gasteiger partial charge >= 0.3 is 0 Å². The molecule has 126 valence electrons. The van der Waals surface area contributed by atoms with E-state index in [9.17, 15) is 14.4 Å². The number of likely N-dealkylation sites (N-methyl/N-ethyl adjacent to an activating group) is 1. The maximum absolute atomic E-state index is 12.3. The summed E-state index contributed by atoms with van der Waals surface area (Å²) in [5.74, 6) is -0.676. The van der Waals surface area contributed by atoms with Gasteiger partial charge in [-0.2, -0.15) is 0 Å². The normalized spacial score (nSPS) is 17.4. The quantitative estimate of drug-likeness (QED) is 0.742. The first kappa shape index (κ1) is 16.0. The van der Waals surface area contributed by atoms with Crippen LogP contribution >= 0.6 is 0 Å². The van der Waals surface area contributed by atoms with Crippen molar-refractivity contribution in [1.29, 1.82) is 0 Å². The van der Waals surface area contributed by atoms with Crippen molar-refractivity contribution >= 4 is 23.4 Å². The Morgan fingerprint density at radius 3 is 2.79 bits per heavy atom. The number of aliphatic hydroxyl groups excluding tert-OH is 1. The first-order valence-electron chi connectivity index (χ1n) is 7.49. The van der Waals surface area contributed by atoms with Gasteiger partial charge in [-0.05, 0) is 18.2 Å². The number of rotatable bonds is 4. The highest BCUT2D eigenvalue weighted by molar-refractivity contribution is 6.17. The van der Waals surface area contributed by atoms with Crippen molar-refractivity contribution in [2.24, 2.45) is 0 Å². The van der Waals surface area contributed by atoms with E-state index in [1.165, 1.54) is 6.08 Å². The lowest BCUT2D eigenvalue weighted by atomic mass is 10.1. The third-order valence-electron chi connectivity index (χ3n) is 3.85. The molecule has 0 spiro atoms. The maximum Gasteiger partial charge on any atom is 0.277 e. The Morgan fingerprint density at radius 1 is 1.25 bits per heavy atom. The Bertz CT molecular complexity index is 743. The van der Waals surface area contributed by atoms with Crippen LogP contribution in [0.2, 0.25) is 0 Å². The van der Waals surface area contributed by atoms with Gasteiger partial charge in [-0.25, -0.2) is 0 Å². The summed E-state index contributed by atoms with van der Waals surface area (Å²) in [6.07, 6.45) is 1.17. The number of ether oxygens (including phenoxy) is 1. The highest BCUT2D eigenvalue weighted by atomic mass is 16.5. The van der Waals surface area contributed by atoms with E-state index in [1.54, 1.807) is 30.1 Å². The maximum atomic E-state index is 12.3. The minimum atomic E-state index is -0.510. The fourth-order valence-corrected chi connectivity index (χ4v) is 2.57. The Hall–Kier alpha value is -2.87. The predicted molar refractivity (Wildman–Crippen MR) is 84.4 cm³/mol. The van der Waals surface area contributed by atoms with E-state index in [4.69, 9.17) is 9.84 Å². The summed E-state index contributed by atoms with van der Waals surface area (Å²) in [4.78, 5) is 38.7. The molecule has 0 saturated heterocycles. The molecule has 0 fully saturated rings. The van der Waals surface area contributed by atoms with E-state index < -0.39 is 11.8 Å². The molecule has 0 aromatic heterocycles. The first-order valence-corrected chi connectivity index (χ1v) is 7.49. The molecule has 0 radical (unpaired) electrons. The summed E-state index contributed by atoms with van der Waals surface area (Å²) in [5, 5.41) is 11.8. The Morgan fingerprint density at radius 2 is 2.04 bits per heavy atom. The van der Waals surface area contributed by atoms with Gasteiger partial charge in [0.25, 0.3) is 17.7 Å². The van der Waals surface area contributed by atoms with Gasteiger partial charge in [0.05, 0.1) is 25.3 Å². The lowest BCUT2D eigenvalue weighted by Gasteiger charge is -2.15. The number of amides is 3. The molecule has 2 aliphatic heterocycles. The van der Waals surface area contributed by atoms with Gasteiger partial charge < -0.3 is 20.1 Å². The number of hydrogen-bond donors (Lipinski definition) is 2. The molecular weight excluding hydrogens is 314 g/mol. The lowest BCUT2D eigenvalue weighted by molar-refractivity contribution is -0.137. The second-order valence-corrected chi connectivity index (χ2v) is 5.49. The number of anilines is 1. The topological polar surface area (TPSA) is 99.2 Å². The second kappa shape index (κ2) is 6.32. The van der Waals surface area contributed by atoms with E-state index in [0.29, 0.717) is 30.2 Å². The van der Waals surface area contributed by atoms with Crippen molar-refractivity contribution in [2.75, 3.05) is 38.7 Å². The number of aliphatic hydroxyl groups is 1. The fraction of sp³-hybridized carbons (Fsp3) is 0.312. The third-order valence-corrected chi connectivity index (χ3v) is 3.85. The molecule has 24 heavy (non-hydrogen) atoms. The number of fused-ring (bicyclic) bond motifs is 1. The highest BCUT2D eigenvalue weighted by Gasteiger charge is 2.31. The molecule has 0 atom stereocenters. The summed E-state index contributed by atoms with van der Waals surface area (Å²) in [6.45, 7) is 0.553. The van der Waals surface area contributed by atoms with E-state index >= 15 is 0 Å². The number of β-amino-alcohol motifs (C(OH)–C–C–N with tert-alkyl or cyclic N) is 1. The minimum Gasteiger partial charge on any atom is -0.491 e. The number of carbonyl (C=O) groups is 3. The summed E-state index contributed by atoms with van der Waals surface area (Å²) < 4.78 is 5.54. The molecule has 1 aromatic carbocycles. The number of hydrogen-bond acceptors (Lipinski definition) is 6. The van der Waals surface area contributed by atoms with Crippen LogP contribution < -0.4 is 10.1 Å². The summed E-state index contributed by atoms with van der Waals surface area (Å²) in [7, 11) is 1.69. The summed E-state index contributed by atoms with van der Waals surface area (Å²) >= 11 is 0. The monoisotopic (exact) mass is 331 g/mol. The molecule has 8 heteroatoms. The van der Waals surface area contributed by atoms with Gasteiger partial charge in [-0.1, -0.05) is 0 Å². The average Bonchev–Trinajstić information content (AvgIpc) is 2.74. The number of benzene rings is 1. The van der Waals surface area contributed by atoms with Crippen LogP contribution in [0.4, 0.5) is 5.69 Å². The van der Waals surface area contributed by atoms with Crippen LogP contribution in [0.1, 0.15) is 10.4 Å². The lowest BCUT2D eigenvalue weighted by Crippen LogP contribution is -2.34. The van der Waals surface area contributed by atoms with Crippen molar-refractivity contribution in [1.82, 2.24) is 9.80 Å². The Balaban J connectivity index is 1.84. The van der Waals surface area contributed by atoms with E-state index in [2.05, 4.69) is 5.32 Å². The predicted octanol–water partition coefficient (Wildman–Crippen LogP) is -0.192. The van der Waals surface area contributed by atoms with Crippen molar-refractivity contribution in [2.45, 2.75) is 0 Å². The number of carbonyl (C=O) groups excluding carboxylic acids is 3. The average molecular weight is 331 g/mol. The second-order valence-electron chi connectivity index (χ2n) is 5.49. The zero-order valence-electron chi connectivity index (χ0n) is 13.1. The minimum absolute atomic E-state index is 0.0549. The van der Waals surface area contributed by atoms with Crippen LogP contribution in [0.3, 0.4) is 0 Å². The van der Waals surface area contributed by atoms with Crippen LogP contribution in [-0.2, 0) is 9.59 Å². The molecule has 3 rings (SSSR count). The SMILES string of the molecule is CN1CCOc2ccc(NC3=CC(=O)N(CCO)C3=O)cc2C1=O. The van der Waals surface area contributed by atoms with Gasteiger partial charge in [-0.15, -0.1) is 0 Å². The standard InChI is InChI=1S/C16H17N3O5/c1-18-5-7-24-13-3-2-10(8-11(13)15(18)22)17-12-9-14(21)19(4-6-20)16(12)23/h2-3,8-9,17,20H,4-7H2,1H3. The molecule has 0 bridgehead atoms. The molecule has 0 saturated carbocycles. The molecule has 2 heterocycles. The van der Waals surface area contributed by atoms with Crippen LogP contribution in [0, 0.1) is 0 Å². The van der Waals surface area contributed by atoms with Crippen molar-refractivity contribution in [3.05, 3.63) is 35.5 Å². The van der Waals surface area contributed by atoms with Gasteiger partial charge in [0.1, 0.15) is 18.1 Å². The van der Waals surface area contributed by atoms with Crippen molar-refractivity contribution in [3.63, 3.8) is 0 Å². The molecular formula is C16H17N3O5. The molecule has 0 unspecified atom stereocenters. The van der Waals surface area contributed by atoms with Crippen molar-refractivity contribution in [3.8, 4) is 5.75 Å². The van der Waals surface area contributed by atoms with Gasteiger partial charge in [0, 0.05) is 18.8 Å². The molecule has 1 aromatic rings. The Kier molecular flexibility index (Phi) is 4.22. The van der Waals surface area contributed by atoms with Crippen LogP contribution in [0.5, 0.6) is 5.75 Å². The first-order chi connectivity index (χ1) is 11.5. The molecule has 2 aliphatic rings. The van der Waals surface area contributed by atoms with Gasteiger partial charge in [0.15, 0.2) is 0 Å². The fourth-order valence-electron chi connectivity index (χ4n) is 2.57. The van der Waals surface area contributed by atoms with E-state index in [-0.39, 0.29) is 24.8 Å². The number of nitrogens with one attached hydrogen (secondary N) is 1. The van der Waals surface area contributed by atoms with Crippen LogP contribution in [-0.4, -0.2) is 66.0 Å². The van der Waals surface area contributed by atoms with Gasteiger partial charge in [-0.3, -0.25) is 19.3 Å². The summed E-state index contributed by atoms with van der Waals surface area (Å²) in [5.41, 5.74) is 0.993. The molecule has 8 nitrogen and oxygen atoms in total. The van der Waals surface area contributed by atoms with Crippen LogP contribution in [0.15, 0.2) is 30.0 Å². The number of nitrogens with zero attached hydrogens (tertiary/aromatic N) is 2. The highest BCUT2D eigenvalue weighted by Crippen LogP contribution is 2.27. The zero-order chi connectivity index (χ0) is 17.3. The van der Waals surface area contributed by atoms with Crippen molar-refractivity contribution < 1.29 is 24.2 Å². The van der Waals surface area contributed by atoms with E-state index in [1.807, 2.05) is 0 Å².